The van der Waals surface area contributed by atoms with E-state index in [1.165, 1.54) is 36.2 Å². The molecule has 0 aliphatic rings. The molecule has 13 heteroatoms. The molecular formula is C24H17F6N5O2. The van der Waals surface area contributed by atoms with Crippen LogP contribution in [0.15, 0.2) is 64.6 Å². The maximum atomic E-state index is 13.6. The van der Waals surface area contributed by atoms with Gasteiger partial charge in [-0.25, -0.2) is 4.98 Å². The first kappa shape index (κ1) is 25.7. The fraction of sp³-hybridized carbons (Fsp3) is 0.167. The summed E-state index contributed by atoms with van der Waals surface area (Å²) in [5.74, 6) is -0.419. The number of alkyl halides is 6. The number of benzene rings is 1. The summed E-state index contributed by atoms with van der Waals surface area (Å²) in [7, 11) is 1.54. The van der Waals surface area contributed by atoms with Crippen LogP contribution in [0.25, 0.3) is 27.7 Å². The molecule has 37 heavy (non-hydrogen) atoms. The van der Waals surface area contributed by atoms with Crippen LogP contribution < -0.4 is 16.0 Å². The Balaban J connectivity index is 1.96. The van der Waals surface area contributed by atoms with Gasteiger partial charge in [0.1, 0.15) is 5.69 Å². The van der Waals surface area contributed by atoms with Crippen molar-refractivity contribution < 1.29 is 31.1 Å². The van der Waals surface area contributed by atoms with Gasteiger partial charge in [0.05, 0.1) is 11.1 Å². The molecule has 0 spiro atoms. The number of rotatable bonds is 5. The van der Waals surface area contributed by atoms with Crippen molar-refractivity contribution in [3.8, 4) is 22.7 Å². The van der Waals surface area contributed by atoms with Crippen LogP contribution >= 0.6 is 0 Å². The van der Waals surface area contributed by atoms with Gasteiger partial charge in [-0.2, -0.15) is 26.3 Å². The lowest BCUT2D eigenvalue weighted by molar-refractivity contribution is -0.154. The van der Waals surface area contributed by atoms with Crippen molar-refractivity contribution in [2.45, 2.75) is 12.4 Å². The monoisotopic (exact) mass is 521 g/mol. The highest BCUT2D eigenvalue weighted by molar-refractivity contribution is 5.93. The number of nitrogens with zero attached hydrogens (tertiary/aromatic N) is 4. The number of hydrogen-bond acceptors (Lipinski definition) is 6. The quantitative estimate of drug-likeness (QED) is 0.226. The van der Waals surface area contributed by atoms with Gasteiger partial charge in [0, 0.05) is 59.6 Å². The number of pyridine rings is 3. The van der Waals surface area contributed by atoms with E-state index in [2.05, 4.69) is 15.0 Å². The Hall–Kier alpha value is -4.42. The summed E-state index contributed by atoms with van der Waals surface area (Å²) in [5.41, 5.74) is 5.04. The molecule has 0 amide bonds. The minimum Gasteiger partial charge on any atom is -0.468 e. The second kappa shape index (κ2) is 9.56. The average molecular weight is 521 g/mol. The third kappa shape index (κ3) is 5.55. The topological polar surface area (TPSA) is 95.4 Å². The van der Waals surface area contributed by atoms with E-state index < -0.39 is 36.1 Å². The summed E-state index contributed by atoms with van der Waals surface area (Å²) in [6.07, 6.45) is -5.61. The van der Waals surface area contributed by atoms with Crippen molar-refractivity contribution in [3.63, 3.8) is 0 Å². The van der Waals surface area contributed by atoms with Gasteiger partial charge >= 0.3 is 12.4 Å². The molecule has 0 unspecified atom stereocenters. The summed E-state index contributed by atoms with van der Waals surface area (Å²) in [5, 5.41) is 0.302. The fourth-order valence-corrected chi connectivity index (χ4v) is 3.54. The van der Waals surface area contributed by atoms with E-state index in [0.29, 0.717) is 28.4 Å². The van der Waals surface area contributed by atoms with E-state index in [1.807, 2.05) is 0 Å². The molecule has 4 rings (SSSR count). The molecule has 4 aromatic rings. The SMILES string of the molecule is CN=Cc1cc(-n2cc3ccc(OCC(F)(F)F)nc3c(-c3ccc(C(F)(F)F)nc3)c2=O)ccc1N. The van der Waals surface area contributed by atoms with Crippen LogP contribution in [0.5, 0.6) is 5.88 Å². The molecule has 2 N–H and O–H groups in total. The van der Waals surface area contributed by atoms with Gasteiger partial charge in [-0.05, 0) is 30.3 Å². The molecule has 3 aromatic heterocycles. The Labute approximate surface area is 204 Å². The molecule has 0 fully saturated rings. The van der Waals surface area contributed by atoms with Gasteiger partial charge in [-0.3, -0.25) is 19.3 Å². The molecule has 192 valence electrons. The van der Waals surface area contributed by atoms with Gasteiger partial charge in [0.25, 0.3) is 5.56 Å². The zero-order chi connectivity index (χ0) is 27.0. The van der Waals surface area contributed by atoms with Crippen LogP contribution in [0.1, 0.15) is 11.3 Å². The van der Waals surface area contributed by atoms with E-state index in [1.54, 1.807) is 18.2 Å². The van der Waals surface area contributed by atoms with Crippen LogP contribution in [0, 0.1) is 0 Å². The van der Waals surface area contributed by atoms with Crippen LogP contribution in [0.2, 0.25) is 0 Å². The summed E-state index contributed by atoms with van der Waals surface area (Å²) in [6, 6.07) is 9.00. The lowest BCUT2D eigenvalue weighted by atomic mass is 10.0. The minimum absolute atomic E-state index is 0.0244. The lowest BCUT2D eigenvalue weighted by Crippen LogP contribution is -2.22. The molecule has 0 radical (unpaired) electrons. The number of nitrogen functional groups attached to an aromatic ring is 1. The number of fused-ring (bicyclic) bond motifs is 1. The number of ether oxygens (including phenoxy) is 1. The van der Waals surface area contributed by atoms with Gasteiger partial charge in [0.15, 0.2) is 6.61 Å². The molecular weight excluding hydrogens is 504 g/mol. The molecule has 0 saturated heterocycles. The van der Waals surface area contributed by atoms with Crippen molar-refractivity contribution in [1.29, 1.82) is 0 Å². The van der Waals surface area contributed by atoms with Gasteiger partial charge in [0.2, 0.25) is 5.88 Å². The number of hydrogen-bond donors (Lipinski definition) is 1. The van der Waals surface area contributed by atoms with Crippen LogP contribution in [-0.2, 0) is 6.18 Å². The molecule has 0 aliphatic carbocycles. The maximum Gasteiger partial charge on any atom is 0.433 e. The van der Waals surface area contributed by atoms with E-state index in [-0.39, 0.29) is 16.6 Å². The van der Waals surface area contributed by atoms with Crippen molar-refractivity contribution in [2.75, 3.05) is 19.4 Å². The van der Waals surface area contributed by atoms with Crippen molar-refractivity contribution in [3.05, 3.63) is 76.5 Å². The summed E-state index contributed by atoms with van der Waals surface area (Å²) in [4.78, 5) is 25.0. The van der Waals surface area contributed by atoms with Crippen LogP contribution in [0.4, 0.5) is 32.0 Å². The smallest absolute Gasteiger partial charge is 0.433 e. The molecule has 1 aromatic carbocycles. The maximum absolute atomic E-state index is 13.6. The molecule has 7 nitrogen and oxygen atoms in total. The highest BCUT2D eigenvalue weighted by atomic mass is 19.4. The van der Waals surface area contributed by atoms with Gasteiger partial charge < -0.3 is 10.5 Å². The third-order valence-electron chi connectivity index (χ3n) is 5.18. The largest absolute Gasteiger partial charge is 0.468 e. The molecule has 0 bridgehead atoms. The predicted octanol–water partition coefficient (Wildman–Crippen LogP) is 5.04. The Morgan fingerprint density at radius 1 is 1.08 bits per heavy atom. The second-order valence-electron chi connectivity index (χ2n) is 7.80. The summed E-state index contributed by atoms with van der Waals surface area (Å²) < 4.78 is 82.9. The number of aliphatic imine (C=N–C) groups is 1. The highest BCUT2D eigenvalue weighted by Crippen LogP contribution is 2.31. The summed E-state index contributed by atoms with van der Waals surface area (Å²) >= 11 is 0. The van der Waals surface area contributed by atoms with Crippen molar-refractivity contribution in [2.24, 2.45) is 4.99 Å². The first-order chi connectivity index (χ1) is 17.4. The third-order valence-corrected chi connectivity index (χ3v) is 5.18. The fourth-order valence-electron chi connectivity index (χ4n) is 3.54. The van der Waals surface area contributed by atoms with E-state index in [0.717, 1.165) is 12.3 Å². The normalized spacial score (nSPS) is 12.4. The van der Waals surface area contributed by atoms with E-state index in [9.17, 15) is 31.1 Å². The Bertz CT molecular complexity index is 1540. The standard InChI is InChI=1S/C24H17F6N5O2/c1-32-9-15-8-16(4-5-17(15)31)35-11-14-3-7-19(37-12-23(25,26)27)34-21(14)20(22(35)36)13-2-6-18(33-10-13)24(28,29)30/h2-11H,12,31H2,1H3. The zero-order valence-corrected chi connectivity index (χ0v) is 18.9. The van der Waals surface area contributed by atoms with Gasteiger partial charge in [-0.15, -0.1) is 0 Å². The van der Waals surface area contributed by atoms with Crippen LogP contribution in [0.3, 0.4) is 0 Å². The van der Waals surface area contributed by atoms with Gasteiger partial charge in [-0.1, -0.05) is 6.07 Å². The molecule has 0 aliphatic heterocycles. The van der Waals surface area contributed by atoms with Crippen LogP contribution in [-0.4, -0.2) is 40.6 Å². The Morgan fingerprint density at radius 3 is 2.46 bits per heavy atom. The second-order valence-corrected chi connectivity index (χ2v) is 7.80. The first-order valence-electron chi connectivity index (χ1n) is 10.5. The number of aromatic nitrogens is 3. The Kier molecular flexibility index (Phi) is 6.63. The van der Waals surface area contributed by atoms with E-state index >= 15 is 0 Å². The predicted molar refractivity (Wildman–Crippen MR) is 125 cm³/mol. The number of anilines is 1. The summed E-state index contributed by atoms with van der Waals surface area (Å²) in [6.45, 7) is -1.62. The number of halogens is 6. The average Bonchev–Trinajstić information content (AvgIpc) is 2.83. The van der Waals surface area contributed by atoms with E-state index in [4.69, 9.17) is 10.5 Å². The first-order valence-corrected chi connectivity index (χ1v) is 10.5. The Morgan fingerprint density at radius 2 is 1.84 bits per heavy atom. The minimum atomic E-state index is -4.71. The van der Waals surface area contributed by atoms with Crippen molar-refractivity contribution >= 4 is 22.8 Å². The van der Waals surface area contributed by atoms with Crippen molar-refractivity contribution in [1.82, 2.24) is 14.5 Å². The molecule has 0 saturated carbocycles. The highest BCUT2D eigenvalue weighted by Gasteiger charge is 2.32. The molecule has 0 atom stereocenters. The molecule has 3 heterocycles. The lowest BCUT2D eigenvalue weighted by Gasteiger charge is -2.15. The zero-order valence-electron chi connectivity index (χ0n) is 18.9. The number of nitrogens with two attached hydrogens (primary N) is 1.